The van der Waals surface area contributed by atoms with Gasteiger partial charge in [0, 0.05) is 23.9 Å². The number of thioether (sulfide) groups is 1. The first-order valence-corrected chi connectivity index (χ1v) is 10.5. The standard InChI is InChI=1S/C17H23ClN4O2S2/c1-11(2)24-8-4-7-19-15(23)10-25-17-22-21-16(26-17)20-13-6-5-12(3)14(18)9-13/h5-6,9,11H,4,7-8,10H2,1-3H3,(H,19,23)(H,20,21). The predicted octanol–water partition coefficient (Wildman–Crippen LogP) is 4.27. The van der Waals surface area contributed by atoms with Gasteiger partial charge in [0.15, 0.2) is 4.34 Å². The molecule has 0 unspecified atom stereocenters. The van der Waals surface area contributed by atoms with Crippen molar-refractivity contribution in [1.29, 1.82) is 0 Å². The molecule has 0 atom stereocenters. The molecule has 2 rings (SSSR count). The maximum Gasteiger partial charge on any atom is 0.230 e. The summed E-state index contributed by atoms with van der Waals surface area (Å²) >= 11 is 8.89. The maximum absolute atomic E-state index is 11.8. The van der Waals surface area contributed by atoms with E-state index in [9.17, 15) is 4.79 Å². The molecule has 0 fully saturated rings. The van der Waals surface area contributed by atoms with Gasteiger partial charge in [-0.1, -0.05) is 40.8 Å². The zero-order valence-corrected chi connectivity index (χ0v) is 17.4. The zero-order chi connectivity index (χ0) is 18.9. The Morgan fingerprint density at radius 1 is 1.38 bits per heavy atom. The smallest absolute Gasteiger partial charge is 0.230 e. The number of anilines is 2. The van der Waals surface area contributed by atoms with Crippen molar-refractivity contribution in [3.8, 4) is 0 Å². The lowest BCUT2D eigenvalue weighted by Crippen LogP contribution is -2.27. The molecule has 6 nitrogen and oxygen atoms in total. The van der Waals surface area contributed by atoms with Crippen LogP contribution in [0.25, 0.3) is 0 Å². The summed E-state index contributed by atoms with van der Waals surface area (Å²) in [5.74, 6) is 0.297. The number of benzene rings is 1. The van der Waals surface area contributed by atoms with Crippen LogP contribution in [0.3, 0.4) is 0 Å². The average molecular weight is 415 g/mol. The van der Waals surface area contributed by atoms with Gasteiger partial charge in [-0.15, -0.1) is 10.2 Å². The van der Waals surface area contributed by atoms with Gasteiger partial charge in [0.2, 0.25) is 11.0 Å². The van der Waals surface area contributed by atoms with Crippen molar-refractivity contribution in [3.05, 3.63) is 28.8 Å². The lowest BCUT2D eigenvalue weighted by atomic mass is 10.2. The summed E-state index contributed by atoms with van der Waals surface area (Å²) in [5, 5.41) is 15.6. The summed E-state index contributed by atoms with van der Waals surface area (Å²) in [6.45, 7) is 7.21. The first kappa shape index (κ1) is 21.0. The lowest BCUT2D eigenvalue weighted by molar-refractivity contribution is -0.118. The van der Waals surface area contributed by atoms with Crippen LogP contribution in [0, 0.1) is 6.92 Å². The Kier molecular flexibility index (Phi) is 8.64. The molecule has 9 heteroatoms. The van der Waals surface area contributed by atoms with E-state index in [1.54, 1.807) is 0 Å². The van der Waals surface area contributed by atoms with Crippen LogP contribution >= 0.6 is 34.7 Å². The van der Waals surface area contributed by atoms with E-state index in [4.69, 9.17) is 16.3 Å². The van der Waals surface area contributed by atoms with Crippen molar-refractivity contribution >= 4 is 51.4 Å². The maximum atomic E-state index is 11.8. The first-order valence-electron chi connectivity index (χ1n) is 8.32. The zero-order valence-electron chi connectivity index (χ0n) is 15.0. The molecule has 0 saturated carbocycles. The number of rotatable bonds is 10. The fraction of sp³-hybridized carbons (Fsp3) is 0.471. The van der Waals surface area contributed by atoms with Crippen molar-refractivity contribution in [2.45, 2.75) is 37.6 Å². The second kappa shape index (κ2) is 10.7. The number of aromatic nitrogens is 2. The van der Waals surface area contributed by atoms with Gasteiger partial charge in [-0.2, -0.15) is 0 Å². The summed E-state index contributed by atoms with van der Waals surface area (Å²) in [7, 11) is 0. The lowest BCUT2D eigenvalue weighted by Gasteiger charge is -2.07. The van der Waals surface area contributed by atoms with Crippen LogP contribution in [0.2, 0.25) is 5.02 Å². The molecular formula is C17H23ClN4O2S2. The molecule has 1 aromatic carbocycles. The first-order chi connectivity index (χ1) is 12.4. The molecule has 26 heavy (non-hydrogen) atoms. The highest BCUT2D eigenvalue weighted by molar-refractivity contribution is 8.01. The molecule has 0 aliphatic heterocycles. The van der Waals surface area contributed by atoms with Gasteiger partial charge in [-0.25, -0.2) is 0 Å². The quantitative estimate of drug-likeness (QED) is 0.446. The highest BCUT2D eigenvalue weighted by Gasteiger charge is 2.09. The second-order valence-electron chi connectivity index (χ2n) is 5.87. The minimum atomic E-state index is -0.0189. The molecule has 0 aliphatic carbocycles. The summed E-state index contributed by atoms with van der Waals surface area (Å²) in [6.07, 6.45) is 1.03. The highest BCUT2D eigenvalue weighted by Crippen LogP contribution is 2.29. The van der Waals surface area contributed by atoms with Crippen LogP contribution in [-0.4, -0.2) is 41.1 Å². The molecule has 1 heterocycles. The third-order valence-electron chi connectivity index (χ3n) is 3.25. The number of nitrogens with one attached hydrogen (secondary N) is 2. The number of carbonyl (C=O) groups excluding carboxylic acids is 1. The SMILES string of the molecule is Cc1ccc(Nc2nnc(SCC(=O)NCCCOC(C)C)s2)cc1Cl. The summed E-state index contributed by atoms with van der Waals surface area (Å²) in [4.78, 5) is 11.8. The minimum absolute atomic E-state index is 0.0189. The Morgan fingerprint density at radius 3 is 2.92 bits per heavy atom. The largest absolute Gasteiger partial charge is 0.379 e. The van der Waals surface area contributed by atoms with E-state index in [1.807, 2.05) is 39.0 Å². The van der Waals surface area contributed by atoms with Gasteiger partial charge in [-0.05, 0) is 44.9 Å². The van der Waals surface area contributed by atoms with E-state index >= 15 is 0 Å². The number of nitrogens with zero attached hydrogens (tertiary/aromatic N) is 2. The third kappa shape index (κ3) is 7.49. The van der Waals surface area contributed by atoms with Crippen LogP contribution in [-0.2, 0) is 9.53 Å². The highest BCUT2D eigenvalue weighted by atomic mass is 35.5. The minimum Gasteiger partial charge on any atom is -0.379 e. The van der Waals surface area contributed by atoms with Crippen molar-refractivity contribution < 1.29 is 9.53 Å². The molecule has 2 aromatic rings. The molecule has 0 saturated heterocycles. The van der Waals surface area contributed by atoms with Crippen molar-refractivity contribution in [2.24, 2.45) is 0 Å². The van der Waals surface area contributed by atoms with Gasteiger partial charge >= 0.3 is 0 Å². The van der Waals surface area contributed by atoms with E-state index in [0.29, 0.717) is 29.1 Å². The van der Waals surface area contributed by atoms with E-state index in [1.165, 1.54) is 23.1 Å². The average Bonchev–Trinajstić information content (AvgIpc) is 3.03. The van der Waals surface area contributed by atoms with Gasteiger partial charge in [0.1, 0.15) is 0 Å². The van der Waals surface area contributed by atoms with E-state index in [2.05, 4.69) is 20.8 Å². The topological polar surface area (TPSA) is 76.1 Å². The number of amides is 1. The molecule has 2 N–H and O–H groups in total. The predicted molar refractivity (Wildman–Crippen MR) is 109 cm³/mol. The molecule has 0 radical (unpaired) electrons. The Morgan fingerprint density at radius 2 is 2.19 bits per heavy atom. The van der Waals surface area contributed by atoms with Crippen molar-refractivity contribution in [1.82, 2.24) is 15.5 Å². The van der Waals surface area contributed by atoms with Crippen LogP contribution in [0.15, 0.2) is 22.5 Å². The van der Waals surface area contributed by atoms with Crippen molar-refractivity contribution in [3.63, 3.8) is 0 Å². The molecule has 0 aliphatic rings. The number of ether oxygens (including phenoxy) is 1. The summed E-state index contributed by atoms with van der Waals surface area (Å²) in [5.41, 5.74) is 1.88. The molecule has 0 spiro atoms. The summed E-state index contributed by atoms with van der Waals surface area (Å²) < 4.78 is 6.17. The molecule has 1 amide bonds. The fourth-order valence-corrected chi connectivity index (χ4v) is 3.69. The number of halogens is 1. The Bertz CT molecular complexity index is 725. The second-order valence-corrected chi connectivity index (χ2v) is 8.48. The van der Waals surface area contributed by atoms with Crippen LogP contribution < -0.4 is 10.6 Å². The van der Waals surface area contributed by atoms with E-state index in [0.717, 1.165) is 22.0 Å². The Hall–Kier alpha value is -1.35. The number of aryl methyl sites for hydroxylation is 1. The monoisotopic (exact) mass is 414 g/mol. The fourth-order valence-electron chi connectivity index (χ4n) is 1.91. The van der Waals surface area contributed by atoms with Gasteiger partial charge in [0.05, 0.1) is 11.9 Å². The summed E-state index contributed by atoms with van der Waals surface area (Å²) in [6, 6.07) is 5.73. The van der Waals surface area contributed by atoms with Gasteiger partial charge in [0.25, 0.3) is 0 Å². The Labute approximate surface area is 167 Å². The molecule has 142 valence electrons. The number of hydrogen-bond acceptors (Lipinski definition) is 7. The number of carbonyl (C=O) groups is 1. The van der Waals surface area contributed by atoms with Gasteiger partial charge in [-0.3, -0.25) is 4.79 Å². The molecule has 0 bridgehead atoms. The molecule has 1 aromatic heterocycles. The van der Waals surface area contributed by atoms with Crippen LogP contribution in [0.1, 0.15) is 25.8 Å². The third-order valence-corrected chi connectivity index (χ3v) is 5.63. The normalized spacial score (nSPS) is 11.0. The number of hydrogen-bond donors (Lipinski definition) is 2. The molecular weight excluding hydrogens is 392 g/mol. The van der Waals surface area contributed by atoms with E-state index < -0.39 is 0 Å². The van der Waals surface area contributed by atoms with Crippen LogP contribution in [0.5, 0.6) is 0 Å². The van der Waals surface area contributed by atoms with E-state index in [-0.39, 0.29) is 12.0 Å². The van der Waals surface area contributed by atoms with Crippen molar-refractivity contribution in [2.75, 3.05) is 24.2 Å². The van der Waals surface area contributed by atoms with Gasteiger partial charge < -0.3 is 15.4 Å². The Balaban J connectivity index is 1.70. The van der Waals surface area contributed by atoms with Crippen LogP contribution in [0.4, 0.5) is 10.8 Å².